The fourth-order valence-corrected chi connectivity index (χ4v) is 2.82. The third-order valence-corrected chi connectivity index (χ3v) is 3.75. The summed E-state index contributed by atoms with van der Waals surface area (Å²) in [6.07, 6.45) is 5.89. The summed E-state index contributed by atoms with van der Waals surface area (Å²) in [5.74, 6) is 0. The molecular formula is C15H26N2O2. The Labute approximate surface area is 116 Å². The van der Waals surface area contributed by atoms with Gasteiger partial charge in [-0.1, -0.05) is 6.92 Å². The molecule has 2 heterocycles. The van der Waals surface area contributed by atoms with E-state index < -0.39 is 0 Å². The van der Waals surface area contributed by atoms with Crippen LogP contribution in [0.4, 0.5) is 0 Å². The van der Waals surface area contributed by atoms with Crippen molar-refractivity contribution in [1.82, 2.24) is 10.2 Å². The standard InChI is InChI=1S/C15H26N2O2/c1-3-6-16-11-15(5-8-19-13-15)12-17(2)9-14-4-7-18-10-14/h4,7,10,16H,3,5-6,8-9,11-13H2,1-2H3. The Kier molecular flexibility index (Phi) is 5.43. The highest BCUT2D eigenvalue weighted by molar-refractivity contribution is 5.05. The minimum atomic E-state index is 0.271. The van der Waals surface area contributed by atoms with Gasteiger partial charge in [0.25, 0.3) is 0 Å². The first kappa shape index (κ1) is 14.6. The Morgan fingerprint density at radius 2 is 2.37 bits per heavy atom. The summed E-state index contributed by atoms with van der Waals surface area (Å²) in [4.78, 5) is 2.37. The molecule has 4 heteroatoms. The maximum absolute atomic E-state index is 5.64. The predicted octanol–water partition coefficient (Wildman–Crippen LogP) is 2.12. The molecular weight excluding hydrogens is 240 g/mol. The van der Waals surface area contributed by atoms with Gasteiger partial charge in [-0.2, -0.15) is 0 Å². The highest BCUT2D eigenvalue weighted by Gasteiger charge is 2.35. The van der Waals surface area contributed by atoms with Gasteiger partial charge in [0, 0.05) is 37.2 Å². The summed E-state index contributed by atoms with van der Waals surface area (Å²) in [6, 6.07) is 2.03. The molecule has 1 aliphatic rings. The van der Waals surface area contributed by atoms with Crippen molar-refractivity contribution in [2.45, 2.75) is 26.3 Å². The molecule has 1 atom stereocenters. The Balaban J connectivity index is 1.85. The van der Waals surface area contributed by atoms with E-state index in [1.54, 1.807) is 6.26 Å². The lowest BCUT2D eigenvalue weighted by atomic mass is 9.86. The van der Waals surface area contributed by atoms with Gasteiger partial charge in [-0.15, -0.1) is 0 Å². The van der Waals surface area contributed by atoms with Crippen LogP contribution in [0.2, 0.25) is 0 Å². The van der Waals surface area contributed by atoms with Gasteiger partial charge < -0.3 is 19.4 Å². The van der Waals surface area contributed by atoms with E-state index in [4.69, 9.17) is 9.15 Å². The molecule has 0 saturated carbocycles. The summed E-state index contributed by atoms with van der Waals surface area (Å²) in [7, 11) is 2.17. The normalized spacial score (nSPS) is 23.3. The van der Waals surface area contributed by atoms with Crippen molar-refractivity contribution in [2.24, 2.45) is 5.41 Å². The molecule has 1 unspecified atom stereocenters. The van der Waals surface area contributed by atoms with Crippen molar-refractivity contribution in [1.29, 1.82) is 0 Å². The smallest absolute Gasteiger partial charge is 0.0947 e. The minimum Gasteiger partial charge on any atom is -0.472 e. The summed E-state index contributed by atoms with van der Waals surface area (Å²) in [5, 5.41) is 3.56. The lowest BCUT2D eigenvalue weighted by Crippen LogP contribution is -2.43. The first-order valence-corrected chi connectivity index (χ1v) is 7.22. The first-order chi connectivity index (χ1) is 9.24. The van der Waals surface area contributed by atoms with Crippen LogP contribution in [0.3, 0.4) is 0 Å². The van der Waals surface area contributed by atoms with Crippen LogP contribution in [0.1, 0.15) is 25.3 Å². The number of rotatable bonds is 8. The zero-order valence-electron chi connectivity index (χ0n) is 12.2. The largest absolute Gasteiger partial charge is 0.472 e. The molecule has 108 valence electrons. The molecule has 0 aromatic carbocycles. The van der Waals surface area contributed by atoms with Gasteiger partial charge in [0.05, 0.1) is 19.1 Å². The third kappa shape index (κ3) is 4.34. The van der Waals surface area contributed by atoms with Crippen molar-refractivity contribution >= 4 is 0 Å². The molecule has 1 N–H and O–H groups in total. The Morgan fingerprint density at radius 3 is 3.00 bits per heavy atom. The molecule has 2 rings (SSSR count). The molecule has 0 amide bonds. The van der Waals surface area contributed by atoms with E-state index >= 15 is 0 Å². The second-order valence-corrected chi connectivity index (χ2v) is 5.78. The lowest BCUT2D eigenvalue weighted by Gasteiger charge is -2.32. The van der Waals surface area contributed by atoms with Crippen LogP contribution in [0.5, 0.6) is 0 Å². The molecule has 0 bridgehead atoms. The fourth-order valence-electron chi connectivity index (χ4n) is 2.82. The number of furan rings is 1. The predicted molar refractivity (Wildman–Crippen MR) is 76.1 cm³/mol. The van der Waals surface area contributed by atoms with Crippen molar-refractivity contribution < 1.29 is 9.15 Å². The molecule has 1 saturated heterocycles. The van der Waals surface area contributed by atoms with Crippen LogP contribution < -0.4 is 5.32 Å². The molecule has 19 heavy (non-hydrogen) atoms. The molecule has 0 spiro atoms. The minimum absolute atomic E-state index is 0.271. The molecule has 0 radical (unpaired) electrons. The Bertz CT molecular complexity index is 345. The van der Waals surface area contributed by atoms with Gasteiger partial charge >= 0.3 is 0 Å². The van der Waals surface area contributed by atoms with Gasteiger partial charge in [-0.25, -0.2) is 0 Å². The average Bonchev–Trinajstić information content (AvgIpc) is 3.02. The van der Waals surface area contributed by atoms with Gasteiger partial charge in [0.1, 0.15) is 0 Å². The average molecular weight is 266 g/mol. The maximum atomic E-state index is 5.64. The molecule has 1 aromatic heterocycles. The number of hydrogen-bond acceptors (Lipinski definition) is 4. The van der Waals surface area contributed by atoms with Crippen molar-refractivity contribution in [3.05, 3.63) is 24.2 Å². The summed E-state index contributed by atoms with van der Waals surface area (Å²) in [5.41, 5.74) is 1.51. The van der Waals surface area contributed by atoms with E-state index in [0.717, 1.165) is 45.8 Å². The third-order valence-electron chi connectivity index (χ3n) is 3.75. The van der Waals surface area contributed by atoms with E-state index in [0.29, 0.717) is 0 Å². The van der Waals surface area contributed by atoms with Gasteiger partial charge in [-0.3, -0.25) is 0 Å². The number of nitrogens with zero attached hydrogens (tertiary/aromatic N) is 1. The molecule has 1 aromatic rings. The lowest BCUT2D eigenvalue weighted by molar-refractivity contribution is 0.116. The second kappa shape index (κ2) is 7.08. The Hall–Kier alpha value is -0.840. The van der Waals surface area contributed by atoms with Crippen LogP contribution in [0.15, 0.2) is 23.0 Å². The number of hydrogen-bond donors (Lipinski definition) is 1. The SMILES string of the molecule is CCCNCC1(CN(C)Cc2ccoc2)CCOC1. The highest BCUT2D eigenvalue weighted by atomic mass is 16.5. The molecule has 1 fully saturated rings. The van der Waals surface area contributed by atoms with Crippen molar-refractivity contribution in [3.8, 4) is 0 Å². The van der Waals surface area contributed by atoms with E-state index in [1.165, 1.54) is 12.0 Å². The monoisotopic (exact) mass is 266 g/mol. The van der Waals surface area contributed by atoms with Crippen LogP contribution in [-0.4, -0.2) is 44.8 Å². The van der Waals surface area contributed by atoms with Crippen molar-refractivity contribution in [2.75, 3.05) is 39.9 Å². The number of nitrogens with one attached hydrogen (secondary N) is 1. The van der Waals surface area contributed by atoms with Gasteiger partial charge in [0.2, 0.25) is 0 Å². The summed E-state index contributed by atoms with van der Waals surface area (Å²) >= 11 is 0. The highest BCUT2D eigenvalue weighted by Crippen LogP contribution is 2.29. The first-order valence-electron chi connectivity index (χ1n) is 7.22. The summed E-state index contributed by atoms with van der Waals surface area (Å²) < 4.78 is 10.8. The van der Waals surface area contributed by atoms with Crippen LogP contribution in [0, 0.1) is 5.41 Å². The topological polar surface area (TPSA) is 37.6 Å². The maximum Gasteiger partial charge on any atom is 0.0947 e. The molecule has 4 nitrogen and oxygen atoms in total. The quantitative estimate of drug-likeness (QED) is 0.731. The Morgan fingerprint density at radius 1 is 1.47 bits per heavy atom. The van der Waals surface area contributed by atoms with E-state index in [2.05, 4.69) is 24.2 Å². The van der Waals surface area contributed by atoms with Gasteiger partial charge in [-0.05, 0) is 32.5 Å². The van der Waals surface area contributed by atoms with Crippen LogP contribution in [0.25, 0.3) is 0 Å². The zero-order chi connectivity index (χ0) is 13.6. The summed E-state index contributed by atoms with van der Waals surface area (Å²) in [6.45, 7) is 8.12. The van der Waals surface area contributed by atoms with Crippen molar-refractivity contribution in [3.63, 3.8) is 0 Å². The van der Waals surface area contributed by atoms with E-state index in [-0.39, 0.29) is 5.41 Å². The second-order valence-electron chi connectivity index (χ2n) is 5.78. The zero-order valence-corrected chi connectivity index (χ0v) is 12.2. The van der Waals surface area contributed by atoms with Crippen LogP contribution >= 0.6 is 0 Å². The van der Waals surface area contributed by atoms with Crippen LogP contribution in [-0.2, 0) is 11.3 Å². The number of ether oxygens (including phenoxy) is 1. The van der Waals surface area contributed by atoms with Gasteiger partial charge in [0.15, 0.2) is 0 Å². The molecule has 1 aliphatic heterocycles. The fraction of sp³-hybridized carbons (Fsp3) is 0.733. The molecule has 0 aliphatic carbocycles. The van der Waals surface area contributed by atoms with E-state index in [1.807, 2.05) is 12.3 Å². The van der Waals surface area contributed by atoms with E-state index in [9.17, 15) is 0 Å².